The highest BCUT2D eigenvalue weighted by molar-refractivity contribution is 6.08. The van der Waals surface area contributed by atoms with Gasteiger partial charge in [-0.1, -0.05) is 24.3 Å². The number of ether oxygens (including phenoxy) is 2. The van der Waals surface area contributed by atoms with Crippen LogP contribution >= 0.6 is 0 Å². The molecule has 1 atom stereocenters. The van der Waals surface area contributed by atoms with Gasteiger partial charge in [-0.05, 0) is 61.5 Å². The van der Waals surface area contributed by atoms with Crippen molar-refractivity contribution in [2.75, 3.05) is 30.1 Å². The molecule has 1 saturated heterocycles. The second-order valence-electron chi connectivity index (χ2n) is 9.07. The van der Waals surface area contributed by atoms with Gasteiger partial charge in [0.25, 0.3) is 11.8 Å². The van der Waals surface area contributed by atoms with Crippen molar-refractivity contribution in [2.45, 2.75) is 19.8 Å². The third-order valence-corrected chi connectivity index (χ3v) is 6.30. The van der Waals surface area contributed by atoms with Gasteiger partial charge >= 0.3 is 0 Å². The Balaban J connectivity index is 1.35. The van der Waals surface area contributed by atoms with Gasteiger partial charge < -0.3 is 14.8 Å². The second kappa shape index (κ2) is 12.5. The van der Waals surface area contributed by atoms with E-state index < -0.39 is 18.1 Å². The summed E-state index contributed by atoms with van der Waals surface area (Å²) in [6.45, 7) is 2.26. The number of pyridine rings is 2. The number of aromatic nitrogens is 2. The maximum absolute atomic E-state index is 15.0. The zero-order valence-corrected chi connectivity index (χ0v) is 21.9. The highest BCUT2D eigenvalue weighted by atomic mass is 19.1. The van der Waals surface area contributed by atoms with Gasteiger partial charge in [0.1, 0.15) is 12.4 Å². The Kier molecular flexibility index (Phi) is 8.38. The molecule has 10 heteroatoms. The minimum absolute atomic E-state index is 0.157. The van der Waals surface area contributed by atoms with Gasteiger partial charge in [-0.3, -0.25) is 19.6 Å². The number of nitrogens with zero attached hydrogens (tertiary/aromatic N) is 4. The summed E-state index contributed by atoms with van der Waals surface area (Å²) >= 11 is 0. The largest absolute Gasteiger partial charge is 0.487 e. The fourth-order valence-electron chi connectivity index (χ4n) is 4.22. The SMILES string of the molecule is Cc1ncc(N(C(=O)c2ccccc2)N2CCOCC2F)cc1C(=O)Nc1ccc(OCc2ccccn2)cc1. The third-order valence-electron chi connectivity index (χ3n) is 6.30. The van der Waals surface area contributed by atoms with Crippen molar-refractivity contribution < 1.29 is 23.5 Å². The molecular weight excluding hydrogens is 513 g/mol. The van der Waals surface area contributed by atoms with E-state index in [1.54, 1.807) is 73.8 Å². The number of benzene rings is 2. The summed E-state index contributed by atoms with van der Waals surface area (Å²) < 4.78 is 26.0. The Labute approximate surface area is 231 Å². The highest BCUT2D eigenvalue weighted by Crippen LogP contribution is 2.26. The topological polar surface area (TPSA) is 96.9 Å². The zero-order valence-electron chi connectivity index (χ0n) is 21.9. The predicted octanol–water partition coefficient (Wildman–Crippen LogP) is 4.81. The first kappa shape index (κ1) is 26.9. The number of hydrazine groups is 1. The quantitative estimate of drug-likeness (QED) is 0.320. The van der Waals surface area contributed by atoms with E-state index in [1.807, 2.05) is 18.2 Å². The van der Waals surface area contributed by atoms with E-state index >= 15 is 0 Å². The first-order valence-corrected chi connectivity index (χ1v) is 12.8. The Morgan fingerprint density at radius 1 is 1.07 bits per heavy atom. The van der Waals surface area contributed by atoms with Gasteiger partial charge in [-0.2, -0.15) is 5.01 Å². The van der Waals surface area contributed by atoms with E-state index in [9.17, 15) is 14.0 Å². The number of carbonyl (C=O) groups excluding carboxylic acids is 2. The number of aryl methyl sites for hydroxylation is 1. The molecule has 1 fully saturated rings. The standard InChI is InChI=1S/C30H28FN5O4/c1-21-27(29(37)34-23-10-12-26(13-11-23)40-19-24-9-5-6-14-32-24)17-25(18-33-21)36(35-15-16-39-20-28(35)31)30(38)22-7-3-2-4-8-22/h2-14,17-18,28H,15-16,19-20H2,1H3,(H,34,37). The lowest BCUT2D eigenvalue weighted by Gasteiger charge is -2.39. The minimum atomic E-state index is -1.54. The molecule has 2 aromatic carbocycles. The van der Waals surface area contributed by atoms with Gasteiger partial charge in [0, 0.05) is 24.0 Å². The van der Waals surface area contributed by atoms with Crippen LogP contribution in [-0.4, -0.2) is 52.8 Å². The van der Waals surface area contributed by atoms with Crippen LogP contribution in [0.15, 0.2) is 91.3 Å². The zero-order chi connectivity index (χ0) is 27.9. The van der Waals surface area contributed by atoms with Crippen LogP contribution in [0.1, 0.15) is 32.1 Å². The van der Waals surface area contributed by atoms with Crippen LogP contribution in [0.3, 0.4) is 0 Å². The molecule has 1 N–H and O–H groups in total. The highest BCUT2D eigenvalue weighted by Gasteiger charge is 2.33. The normalized spacial score (nSPS) is 15.3. The number of morpholine rings is 1. The van der Waals surface area contributed by atoms with Crippen LogP contribution in [0.2, 0.25) is 0 Å². The fourth-order valence-corrected chi connectivity index (χ4v) is 4.22. The van der Waals surface area contributed by atoms with Crippen molar-refractivity contribution in [1.29, 1.82) is 0 Å². The average molecular weight is 542 g/mol. The Hall–Kier alpha value is -4.67. The molecule has 5 rings (SSSR count). The summed E-state index contributed by atoms with van der Waals surface area (Å²) in [6.07, 6.45) is 1.62. The van der Waals surface area contributed by atoms with Crippen LogP contribution in [0.4, 0.5) is 15.8 Å². The number of amides is 2. The molecule has 4 aromatic rings. The fraction of sp³-hybridized carbons (Fsp3) is 0.200. The molecule has 2 amide bonds. The summed E-state index contributed by atoms with van der Waals surface area (Å²) in [7, 11) is 0. The number of rotatable bonds is 8. The molecule has 2 aromatic heterocycles. The lowest BCUT2D eigenvalue weighted by molar-refractivity contribution is -0.0650. The van der Waals surface area contributed by atoms with Crippen molar-refractivity contribution in [3.63, 3.8) is 0 Å². The molecule has 1 unspecified atom stereocenters. The predicted molar refractivity (Wildman–Crippen MR) is 148 cm³/mol. The molecular formula is C30H28FN5O4. The van der Waals surface area contributed by atoms with Crippen molar-refractivity contribution >= 4 is 23.2 Å². The monoisotopic (exact) mass is 541 g/mol. The van der Waals surface area contributed by atoms with Crippen LogP contribution < -0.4 is 15.1 Å². The van der Waals surface area contributed by atoms with Gasteiger partial charge in [-0.15, -0.1) is 0 Å². The molecule has 204 valence electrons. The Morgan fingerprint density at radius 3 is 2.58 bits per heavy atom. The van der Waals surface area contributed by atoms with Crippen LogP contribution in [-0.2, 0) is 11.3 Å². The number of halogens is 1. The molecule has 0 aliphatic carbocycles. The van der Waals surface area contributed by atoms with Gasteiger partial charge in [0.2, 0.25) is 0 Å². The van der Waals surface area contributed by atoms with Crippen molar-refractivity contribution in [2.24, 2.45) is 0 Å². The third kappa shape index (κ3) is 6.31. The van der Waals surface area contributed by atoms with Crippen molar-refractivity contribution in [1.82, 2.24) is 15.0 Å². The molecule has 1 aliphatic heterocycles. The van der Waals surface area contributed by atoms with Crippen LogP contribution in [0.5, 0.6) is 5.75 Å². The maximum atomic E-state index is 15.0. The molecule has 0 spiro atoms. The number of alkyl halides is 1. The lowest BCUT2D eigenvalue weighted by Crippen LogP contribution is -2.55. The van der Waals surface area contributed by atoms with E-state index in [2.05, 4.69) is 15.3 Å². The average Bonchev–Trinajstić information content (AvgIpc) is 2.99. The summed E-state index contributed by atoms with van der Waals surface area (Å²) in [5.41, 5.74) is 2.71. The van der Waals surface area contributed by atoms with E-state index in [0.717, 1.165) is 5.69 Å². The number of carbonyl (C=O) groups is 2. The van der Waals surface area contributed by atoms with Gasteiger partial charge in [-0.25, -0.2) is 9.40 Å². The van der Waals surface area contributed by atoms with Gasteiger partial charge in [0.15, 0.2) is 6.30 Å². The minimum Gasteiger partial charge on any atom is -0.487 e. The summed E-state index contributed by atoms with van der Waals surface area (Å²) in [5.74, 6) is -0.229. The molecule has 1 aliphatic rings. The summed E-state index contributed by atoms with van der Waals surface area (Å²) in [4.78, 5) is 35.4. The first-order chi connectivity index (χ1) is 19.5. The van der Waals surface area contributed by atoms with E-state index in [4.69, 9.17) is 9.47 Å². The molecule has 0 bridgehead atoms. The lowest BCUT2D eigenvalue weighted by atomic mass is 10.1. The van der Waals surface area contributed by atoms with E-state index in [-0.39, 0.29) is 31.0 Å². The Morgan fingerprint density at radius 2 is 1.85 bits per heavy atom. The number of nitrogens with one attached hydrogen (secondary N) is 1. The number of anilines is 2. The molecule has 0 saturated carbocycles. The molecule has 40 heavy (non-hydrogen) atoms. The maximum Gasteiger partial charge on any atom is 0.272 e. The van der Waals surface area contributed by atoms with Crippen molar-refractivity contribution in [3.05, 3.63) is 114 Å². The molecule has 9 nitrogen and oxygen atoms in total. The Bertz CT molecular complexity index is 1450. The van der Waals surface area contributed by atoms with Crippen LogP contribution in [0.25, 0.3) is 0 Å². The van der Waals surface area contributed by atoms with E-state index in [1.165, 1.54) is 16.2 Å². The van der Waals surface area contributed by atoms with Crippen molar-refractivity contribution in [3.8, 4) is 5.75 Å². The van der Waals surface area contributed by atoms with E-state index in [0.29, 0.717) is 29.3 Å². The van der Waals surface area contributed by atoms with Crippen LogP contribution in [0, 0.1) is 6.92 Å². The molecule has 3 heterocycles. The number of hydrogen-bond acceptors (Lipinski definition) is 7. The summed E-state index contributed by atoms with van der Waals surface area (Å²) in [5, 5.41) is 5.40. The smallest absolute Gasteiger partial charge is 0.272 e. The van der Waals surface area contributed by atoms with Gasteiger partial charge in [0.05, 0.1) is 42.0 Å². The first-order valence-electron chi connectivity index (χ1n) is 12.8. The second-order valence-corrected chi connectivity index (χ2v) is 9.07. The summed E-state index contributed by atoms with van der Waals surface area (Å²) in [6, 6.07) is 22.7. The molecule has 0 radical (unpaired) electrons. The number of hydrogen-bond donors (Lipinski definition) is 1.